The van der Waals surface area contributed by atoms with Gasteiger partial charge in [-0.15, -0.1) is 0 Å². The van der Waals surface area contributed by atoms with Gasteiger partial charge in [0.1, 0.15) is 11.4 Å². The standard InChI is InChI=1S/C27H34ClN3O2/c1-3-4-12-22(32)18-31(17-20-15-16-20)19-23-26(21-10-6-5-7-11-21)29-30(2)27(23)33-25-14-9-8-13-24(25)28/h5-11,13-14,20,22,32H,3-4,12,15-19H2,1-2H3/t22-/m1/s1. The van der Waals surface area contributed by atoms with Gasteiger partial charge in [-0.1, -0.05) is 73.8 Å². The van der Waals surface area contributed by atoms with E-state index in [0.717, 1.165) is 42.6 Å². The van der Waals surface area contributed by atoms with Gasteiger partial charge in [-0.25, -0.2) is 4.68 Å². The van der Waals surface area contributed by atoms with E-state index in [9.17, 15) is 5.11 Å². The van der Waals surface area contributed by atoms with Gasteiger partial charge in [-0.2, -0.15) is 5.10 Å². The minimum atomic E-state index is -0.325. The van der Waals surface area contributed by atoms with Crippen molar-refractivity contribution in [1.29, 1.82) is 0 Å². The van der Waals surface area contributed by atoms with Gasteiger partial charge in [0, 0.05) is 32.2 Å². The quantitative estimate of drug-likeness (QED) is 0.339. The maximum absolute atomic E-state index is 10.7. The van der Waals surface area contributed by atoms with Gasteiger partial charge in [-0.05, 0) is 37.3 Å². The van der Waals surface area contributed by atoms with Gasteiger partial charge in [0.25, 0.3) is 0 Å². The Hall–Kier alpha value is -2.34. The van der Waals surface area contributed by atoms with Crippen LogP contribution in [-0.4, -0.2) is 39.0 Å². The highest BCUT2D eigenvalue weighted by Crippen LogP contribution is 2.37. The van der Waals surface area contributed by atoms with Crippen LogP contribution in [0.1, 0.15) is 44.6 Å². The summed E-state index contributed by atoms with van der Waals surface area (Å²) in [6, 6.07) is 17.7. The van der Waals surface area contributed by atoms with Crippen LogP contribution in [0.4, 0.5) is 0 Å². The Morgan fingerprint density at radius 1 is 1.15 bits per heavy atom. The normalized spacial score (nSPS) is 14.6. The number of para-hydroxylation sites is 1. The zero-order chi connectivity index (χ0) is 23.2. The number of hydrogen-bond donors (Lipinski definition) is 1. The third kappa shape index (κ3) is 6.38. The van der Waals surface area contributed by atoms with E-state index in [1.54, 1.807) is 4.68 Å². The smallest absolute Gasteiger partial charge is 0.222 e. The second-order valence-corrected chi connectivity index (χ2v) is 9.50. The fourth-order valence-corrected chi connectivity index (χ4v) is 4.38. The highest BCUT2D eigenvalue weighted by Gasteiger charge is 2.28. The average molecular weight is 468 g/mol. The zero-order valence-corrected chi connectivity index (χ0v) is 20.3. The number of aryl methyl sites for hydroxylation is 1. The first kappa shape index (κ1) is 23.8. The summed E-state index contributed by atoms with van der Waals surface area (Å²) in [6.45, 7) is 4.47. The van der Waals surface area contributed by atoms with Gasteiger partial charge in [0.15, 0.2) is 0 Å². The first-order valence-corrected chi connectivity index (χ1v) is 12.4. The summed E-state index contributed by atoms with van der Waals surface area (Å²) in [7, 11) is 1.91. The summed E-state index contributed by atoms with van der Waals surface area (Å²) in [4.78, 5) is 2.38. The highest BCUT2D eigenvalue weighted by atomic mass is 35.5. The molecule has 6 heteroatoms. The molecule has 3 aromatic rings. The Bertz CT molecular complexity index is 1030. The van der Waals surface area contributed by atoms with Crippen molar-refractivity contribution in [2.75, 3.05) is 13.1 Å². The second kappa shape index (κ2) is 11.2. The van der Waals surface area contributed by atoms with E-state index >= 15 is 0 Å². The summed E-state index contributed by atoms with van der Waals surface area (Å²) in [5.41, 5.74) is 2.98. The van der Waals surface area contributed by atoms with Crippen molar-refractivity contribution in [2.24, 2.45) is 13.0 Å². The number of unbranched alkanes of at least 4 members (excludes halogenated alkanes) is 1. The summed E-state index contributed by atoms with van der Waals surface area (Å²) in [5, 5.41) is 16.1. The lowest BCUT2D eigenvalue weighted by Gasteiger charge is -2.25. The van der Waals surface area contributed by atoms with E-state index < -0.39 is 0 Å². The molecule has 1 fully saturated rings. The molecule has 1 saturated carbocycles. The van der Waals surface area contributed by atoms with Crippen molar-refractivity contribution < 1.29 is 9.84 Å². The molecule has 1 N–H and O–H groups in total. The zero-order valence-electron chi connectivity index (χ0n) is 19.6. The van der Waals surface area contributed by atoms with Crippen LogP contribution in [0.25, 0.3) is 11.3 Å². The lowest BCUT2D eigenvalue weighted by Crippen LogP contribution is -2.34. The molecule has 0 radical (unpaired) electrons. The summed E-state index contributed by atoms with van der Waals surface area (Å²) in [6.07, 6.45) is 5.18. The van der Waals surface area contributed by atoms with Crippen LogP contribution in [0.2, 0.25) is 5.02 Å². The van der Waals surface area contributed by atoms with Gasteiger partial charge < -0.3 is 9.84 Å². The minimum Gasteiger partial charge on any atom is -0.437 e. The number of hydrogen-bond acceptors (Lipinski definition) is 4. The highest BCUT2D eigenvalue weighted by molar-refractivity contribution is 6.32. The maximum atomic E-state index is 10.7. The number of ether oxygens (including phenoxy) is 1. The molecule has 176 valence electrons. The molecule has 1 aliphatic carbocycles. The molecule has 0 spiro atoms. The fourth-order valence-electron chi connectivity index (χ4n) is 4.20. The Kier molecular flexibility index (Phi) is 8.07. The molecule has 33 heavy (non-hydrogen) atoms. The Labute approximate surface area is 201 Å². The molecular weight excluding hydrogens is 434 g/mol. The number of aliphatic hydroxyl groups excluding tert-OH is 1. The van der Waals surface area contributed by atoms with Gasteiger partial charge in [0.05, 0.1) is 16.7 Å². The van der Waals surface area contributed by atoms with Crippen LogP contribution < -0.4 is 4.74 Å². The van der Waals surface area contributed by atoms with Gasteiger partial charge in [-0.3, -0.25) is 4.90 Å². The van der Waals surface area contributed by atoms with Crippen LogP contribution in [0.3, 0.4) is 0 Å². The summed E-state index contributed by atoms with van der Waals surface area (Å²) in [5.74, 6) is 2.01. The molecule has 4 rings (SSSR count). The Balaban J connectivity index is 1.67. The van der Waals surface area contributed by atoms with E-state index in [1.165, 1.54) is 12.8 Å². The van der Waals surface area contributed by atoms with E-state index in [0.29, 0.717) is 35.7 Å². The molecule has 0 aliphatic heterocycles. The molecule has 0 amide bonds. The van der Waals surface area contributed by atoms with Gasteiger partial charge >= 0.3 is 0 Å². The number of halogens is 1. The number of rotatable bonds is 12. The molecule has 2 aromatic carbocycles. The molecule has 0 bridgehead atoms. The molecular formula is C27H34ClN3O2. The Morgan fingerprint density at radius 3 is 2.58 bits per heavy atom. The van der Waals surface area contributed by atoms with E-state index in [2.05, 4.69) is 24.0 Å². The fraction of sp³-hybridized carbons (Fsp3) is 0.444. The van der Waals surface area contributed by atoms with Crippen molar-refractivity contribution in [3.8, 4) is 22.9 Å². The third-order valence-corrected chi connectivity index (χ3v) is 6.45. The Morgan fingerprint density at radius 2 is 1.88 bits per heavy atom. The monoisotopic (exact) mass is 467 g/mol. The van der Waals surface area contributed by atoms with Crippen LogP contribution in [0.15, 0.2) is 54.6 Å². The lowest BCUT2D eigenvalue weighted by atomic mass is 10.1. The number of aliphatic hydroxyl groups is 1. The van der Waals surface area contributed by atoms with Crippen LogP contribution in [0.5, 0.6) is 11.6 Å². The van der Waals surface area contributed by atoms with E-state index in [1.807, 2.05) is 49.5 Å². The molecule has 1 aliphatic rings. The summed E-state index contributed by atoms with van der Waals surface area (Å²) >= 11 is 6.40. The lowest BCUT2D eigenvalue weighted by molar-refractivity contribution is 0.0967. The van der Waals surface area contributed by atoms with Crippen molar-refractivity contribution in [3.05, 3.63) is 65.2 Å². The molecule has 0 saturated heterocycles. The van der Waals surface area contributed by atoms with Crippen LogP contribution in [-0.2, 0) is 13.6 Å². The average Bonchev–Trinajstić information content (AvgIpc) is 3.58. The SMILES string of the molecule is CCCC[C@@H](O)CN(Cc1c(-c2ccccc2)nn(C)c1Oc1ccccc1Cl)CC1CC1. The molecule has 1 atom stereocenters. The van der Waals surface area contributed by atoms with Gasteiger partial charge in [0.2, 0.25) is 5.88 Å². The molecule has 1 heterocycles. The predicted octanol–water partition coefficient (Wildman–Crippen LogP) is 6.30. The van der Waals surface area contributed by atoms with Crippen LogP contribution >= 0.6 is 11.6 Å². The third-order valence-electron chi connectivity index (χ3n) is 6.13. The minimum absolute atomic E-state index is 0.325. The van der Waals surface area contributed by atoms with Crippen LogP contribution in [0, 0.1) is 5.92 Å². The summed E-state index contributed by atoms with van der Waals surface area (Å²) < 4.78 is 8.14. The van der Waals surface area contributed by atoms with Crippen molar-refractivity contribution >= 4 is 11.6 Å². The first-order valence-electron chi connectivity index (χ1n) is 12.0. The number of benzene rings is 2. The van der Waals surface area contributed by atoms with E-state index in [4.69, 9.17) is 21.4 Å². The van der Waals surface area contributed by atoms with Crippen molar-refractivity contribution in [3.63, 3.8) is 0 Å². The first-order chi connectivity index (χ1) is 16.0. The largest absolute Gasteiger partial charge is 0.437 e. The number of aromatic nitrogens is 2. The van der Waals surface area contributed by atoms with E-state index in [-0.39, 0.29) is 6.10 Å². The van der Waals surface area contributed by atoms with Crippen molar-refractivity contribution in [1.82, 2.24) is 14.7 Å². The maximum Gasteiger partial charge on any atom is 0.222 e. The second-order valence-electron chi connectivity index (χ2n) is 9.09. The molecule has 0 unspecified atom stereocenters. The molecule has 5 nitrogen and oxygen atoms in total. The van der Waals surface area contributed by atoms with Crippen molar-refractivity contribution in [2.45, 2.75) is 51.7 Å². The topological polar surface area (TPSA) is 50.5 Å². The molecule has 1 aromatic heterocycles. The predicted molar refractivity (Wildman–Crippen MR) is 134 cm³/mol. The number of nitrogens with zero attached hydrogens (tertiary/aromatic N) is 3.